The first-order valence-corrected chi connectivity index (χ1v) is 17.2. The van der Waals surface area contributed by atoms with Crippen LogP contribution in [-0.4, -0.2) is 85.5 Å². The van der Waals surface area contributed by atoms with Crippen molar-refractivity contribution in [1.82, 2.24) is 19.8 Å². The molecule has 1 aliphatic heterocycles. The van der Waals surface area contributed by atoms with Crippen LogP contribution in [0.2, 0.25) is 0 Å². The third-order valence-electron chi connectivity index (χ3n) is 7.20. The second-order valence-corrected chi connectivity index (χ2v) is 14.1. The van der Waals surface area contributed by atoms with Gasteiger partial charge in [0.05, 0.1) is 18.6 Å². The third-order valence-corrected chi connectivity index (χ3v) is 7.76. The molecule has 0 saturated carbocycles. The minimum atomic E-state index is -3.45. The Bertz CT molecular complexity index is 1490. The van der Waals surface area contributed by atoms with Gasteiger partial charge in [0.25, 0.3) is 0 Å². The molecule has 1 atom stereocenters. The van der Waals surface area contributed by atoms with Gasteiger partial charge in [-0.3, -0.25) is 9.62 Å². The zero-order chi connectivity index (χ0) is 32.5. The van der Waals surface area contributed by atoms with E-state index in [2.05, 4.69) is 50.8 Å². The third kappa shape index (κ3) is 11.8. The molecule has 0 radical (unpaired) electrons. The van der Waals surface area contributed by atoms with Gasteiger partial charge in [-0.15, -0.1) is 0 Å². The molecule has 1 saturated heterocycles. The standard InChI is InChI=1S/C33H45N5O6S/c1-25(23-26-7-11-30(12-8-26)43-24-28-15-16-34-31(35-28)36-45(5,40)41)27-9-13-29(14-10-27)42-22-6-17-37-18-20-38(21-19-37)32(39)44-33(2,3)4/h7-16,25H,6,17-24H2,1-5H3,(H,34,35,36). The first kappa shape index (κ1) is 34.0. The summed E-state index contributed by atoms with van der Waals surface area (Å²) in [6, 6.07) is 18.0. The highest BCUT2D eigenvalue weighted by atomic mass is 32.2. The van der Waals surface area contributed by atoms with Crippen molar-refractivity contribution >= 4 is 22.1 Å². The molecule has 2 aromatic carbocycles. The van der Waals surface area contributed by atoms with Crippen LogP contribution in [-0.2, 0) is 27.8 Å². The van der Waals surface area contributed by atoms with Crippen LogP contribution >= 0.6 is 0 Å². The summed E-state index contributed by atoms with van der Waals surface area (Å²) in [4.78, 5) is 24.5. The number of anilines is 1. The van der Waals surface area contributed by atoms with Gasteiger partial charge < -0.3 is 19.1 Å². The van der Waals surface area contributed by atoms with E-state index in [0.717, 1.165) is 44.5 Å². The monoisotopic (exact) mass is 639 g/mol. The molecular weight excluding hydrogens is 594 g/mol. The van der Waals surface area contributed by atoms with Crippen molar-refractivity contribution in [1.29, 1.82) is 0 Å². The predicted octanol–water partition coefficient (Wildman–Crippen LogP) is 5.09. The predicted molar refractivity (Wildman–Crippen MR) is 174 cm³/mol. The Morgan fingerprint density at radius 2 is 1.60 bits per heavy atom. The molecule has 3 aromatic rings. The molecule has 1 aliphatic rings. The van der Waals surface area contributed by atoms with Crippen LogP contribution in [0.3, 0.4) is 0 Å². The topological polar surface area (TPSA) is 123 Å². The lowest BCUT2D eigenvalue weighted by Crippen LogP contribution is -2.50. The summed E-state index contributed by atoms with van der Waals surface area (Å²) in [7, 11) is -3.45. The lowest BCUT2D eigenvalue weighted by atomic mass is 9.94. The maximum absolute atomic E-state index is 12.2. The number of hydrogen-bond acceptors (Lipinski definition) is 9. The number of carbonyl (C=O) groups is 1. The molecule has 12 heteroatoms. The highest BCUT2D eigenvalue weighted by molar-refractivity contribution is 7.91. The minimum Gasteiger partial charge on any atom is -0.494 e. The zero-order valence-corrected chi connectivity index (χ0v) is 27.7. The average Bonchev–Trinajstić information content (AvgIpc) is 2.98. The molecule has 0 spiro atoms. The Morgan fingerprint density at radius 3 is 2.24 bits per heavy atom. The van der Waals surface area contributed by atoms with E-state index in [0.29, 0.717) is 37.1 Å². The van der Waals surface area contributed by atoms with Crippen LogP contribution in [0, 0.1) is 0 Å². The Labute approximate surface area is 267 Å². The molecule has 2 heterocycles. The molecule has 11 nitrogen and oxygen atoms in total. The molecule has 1 unspecified atom stereocenters. The van der Waals surface area contributed by atoms with Crippen molar-refractivity contribution in [2.24, 2.45) is 0 Å². The van der Waals surface area contributed by atoms with Crippen LogP contribution < -0.4 is 14.2 Å². The van der Waals surface area contributed by atoms with Gasteiger partial charge in [0.1, 0.15) is 23.7 Å². The molecule has 244 valence electrons. The van der Waals surface area contributed by atoms with Gasteiger partial charge in [0, 0.05) is 38.9 Å². The molecule has 1 fully saturated rings. The summed E-state index contributed by atoms with van der Waals surface area (Å²) in [6.45, 7) is 12.7. The number of benzene rings is 2. The maximum Gasteiger partial charge on any atom is 0.410 e. The quantitative estimate of drug-likeness (QED) is 0.255. The SMILES string of the molecule is CC(Cc1ccc(OCc2ccnc(NS(C)(=O)=O)n2)cc1)c1ccc(OCCCN2CCN(C(=O)OC(C)(C)C)CC2)cc1. The summed E-state index contributed by atoms with van der Waals surface area (Å²) in [5, 5.41) is 0. The van der Waals surface area contributed by atoms with E-state index in [4.69, 9.17) is 14.2 Å². The normalized spacial score (nSPS) is 14.9. The summed E-state index contributed by atoms with van der Waals surface area (Å²) in [5.74, 6) is 1.91. The summed E-state index contributed by atoms with van der Waals surface area (Å²) in [5.41, 5.74) is 2.54. The summed E-state index contributed by atoms with van der Waals surface area (Å²) < 4.78 is 42.4. The minimum absolute atomic E-state index is 0.0196. The van der Waals surface area contributed by atoms with Gasteiger partial charge in [-0.2, -0.15) is 0 Å². The van der Waals surface area contributed by atoms with E-state index in [-0.39, 0.29) is 18.6 Å². The van der Waals surface area contributed by atoms with Crippen molar-refractivity contribution in [3.63, 3.8) is 0 Å². The molecule has 45 heavy (non-hydrogen) atoms. The molecule has 0 aliphatic carbocycles. The maximum atomic E-state index is 12.2. The Kier molecular flexibility index (Phi) is 11.6. The van der Waals surface area contributed by atoms with E-state index in [1.54, 1.807) is 11.0 Å². The lowest BCUT2D eigenvalue weighted by molar-refractivity contribution is 0.0142. The fraction of sp³-hybridized carbons (Fsp3) is 0.485. The molecule has 1 aromatic heterocycles. The van der Waals surface area contributed by atoms with Gasteiger partial charge in [-0.1, -0.05) is 31.2 Å². The van der Waals surface area contributed by atoms with Crippen molar-refractivity contribution in [3.8, 4) is 11.5 Å². The number of sulfonamides is 1. The Hall–Kier alpha value is -3.90. The molecule has 1 N–H and O–H groups in total. The van der Waals surface area contributed by atoms with Crippen molar-refractivity contribution in [2.75, 3.05) is 50.3 Å². The second kappa shape index (κ2) is 15.4. The smallest absolute Gasteiger partial charge is 0.410 e. The Morgan fingerprint density at radius 1 is 0.956 bits per heavy atom. The second-order valence-electron chi connectivity index (χ2n) is 12.4. The van der Waals surface area contributed by atoms with Gasteiger partial charge in [-0.25, -0.2) is 23.2 Å². The highest BCUT2D eigenvalue weighted by Gasteiger charge is 2.25. The first-order chi connectivity index (χ1) is 21.3. The van der Waals surface area contributed by atoms with E-state index in [1.807, 2.05) is 45.0 Å². The van der Waals surface area contributed by atoms with Gasteiger partial charge in [0.2, 0.25) is 16.0 Å². The van der Waals surface area contributed by atoms with E-state index < -0.39 is 15.6 Å². The molecule has 0 bridgehead atoms. The fourth-order valence-corrected chi connectivity index (χ4v) is 5.32. The number of nitrogens with one attached hydrogen (secondary N) is 1. The van der Waals surface area contributed by atoms with Gasteiger partial charge >= 0.3 is 6.09 Å². The number of rotatable bonds is 13. The van der Waals surface area contributed by atoms with E-state index >= 15 is 0 Å². The van der Waals surface area contributed by atoms with Gasteiger partial charge in [0.15, 0.2) is 0 Å². The fourth-order valence-electron chi connectivity index (χ4n) is 4.89. The largest absolute Gasteiger partial charge is 0.494 e. The average molecular weight is 640 g/mol. The number of hydrogen-bond donors (Lipinski definition) is 1. The number of nitrogens with zero attached hydrogens (tertiary/aromatic N) is 4. The van der Waals surface area contributed by atoms with Crippen LogP contribution in [0.4, 0.5) is 10.7 Å². The number of piperazine rings is 1. The highest BCUT2D eigenvalue weighted by Crippen LogP contribution is 2.24. The zero-order valence-electron chi connectivity index (χ0n) is 26.9. The van der Waals surface area contributed by atoms with Crippen molar-refractivity contribution in [2.45, 2.75) is 58.7 Å². The number of aromatic nitrogens is 2. The van der Waals surface area contributed by atoms with Crippen molar-refractivity contribution in [3.05, 3.63) is 77.6 Å². The summed E-state index contributed by atoms with van der Waals surface area (Å²) in [6.07, 6.45) is 4.11. The van der Waals surface area contributed by atoms with Gasteiger partial charge in [-0.05, 0) is 81.0 Å². The first-order valence-electron chi connectivity index (χ1n) is 15.3. The number of amides is 1. The molecule has 1 amide bonds. The molecule has 4 rings (SSSR count). The number of carbonyl (C=O) groups excluding carboxylic acids is 1. The number of ether oxygens (including phenoxy) is 3. The van der Waals surface area contributed by atoms with Crippen LogP contribution in [0.15, 0.2) is 60.8 Å². The summed E-state index contributed by atoms with van der Waals surface area (Å²) >= 11 is 0. The van der Waals surface area contributed by atoms with Crippen LogP contribution in [0.1, 0.15) is 56.9 Å². The van der Waals surface area contributed by atoms with Crippen LogP contribution in [0.5, 0.6) is 11.5 Å². The van der Waals surface area contributed by atoms with Crippen LogP contribution in [0.25, 0.3) is 0 Å². The van der Waals surface area contributed by atoms with E-state index in [1.165, 1.54) is 17.3 Å². The Balaban J connectivity index is 1.14. The molecular formula is C33H45N5O6S. The lowest BCUT2D eigenvalue weighted by Gasteiger charge is -2.35. The van der Waals surface area contributed by atoms with E-state index in [9.17, 15) is 13.2 Å². The van der Waals surface area contributed by atoms with Crippen molar-refractivity contribution < 1.29 is 27.4 Å².